The number of nitrogens with zero attached hydrogens (tertiary/aromatic N) is 1. The molecular weight excluding hydrogens is 317 g/mol. The number of β-lactam (4-membered cyclic amide) rings is 1. The summed E-state index contributed by atoms with van der Waals surface area (Å²) in [6, 6.07) is 8.84. The number of carbonyl (C=O) groups excluding carboxylic acids is 2. The molecule has 1 atom stereocenters. The number of carbonyl (C=O) groups is 3. The fourth-order valence-corrected chi connectivity index (χ4v) is 2.36. The van der Waals surface area contributed by atoms with Gasteiger partial charge in [0, 0.05) is 5.69 Å². The van der Waals surface area contributed by atoms with E-state index in [9.17, 15) is 18.8 Å². The van der Waals surface area contributed by atoms with Gasteiger partial charge in [0.25, 0.3) is 11.7 Å². The molecule has 8 heteroatoms. The monoisotopic (exact) mass is 335 g/mol. The van der Waals surface area contributed by atoms with E-state index in [0.717, 1.165) is 4.90 Å². The summed E-state index contributed by atoms with van der Waals surface area (Å²) in [6.45, 7) is 2.28. The topological polar surface area (TPSA) is 98.7 Å². The summed E-state index contributed by atoms with van der Waals surface area (Å²) < 4.78 is 14.4. The Morgan fingerprint density at radius 2 is 1.92 bits per heavy atom. The molecule has 1 heterocycles. The number of aliphatic carboxylic acids is 1. The lowest BCUT2D eigenvalue weighted by Crippen LogP contribution is -2.72. The molecule has 3 N–H and O–H groups in total. The van der Waals surface area contributed by atoms with E-state index in [4.69, 9.17) is 5.11 Å². The lowest BCUT2D eigenvalue weighted by Gasteiger charge is -2.43. The van der Waals surface area contributed by atoms with E-state index in [1.807, 2.05) is 11.4 Å². The van der Waals surface area contributed by atoms with Gasteiger partial charge in [0.1, 0.15) is 5.70 Å². The number of allylic oxidation sites excluding steroid dienone is 1. The number of anilines is 1. The minimum absolute atomic E-state index is 0.211. The van der Waals surface area contributed by atoms with Crippen molar-refractivity contribution in [2.24, 2.45) is 0 Å². The lowest BCUT2D eigenvalue weighted by atomic mass is 10.0. The van der Waals surface area contributed by atoms with E-state index in [0.29, 0.717) is 11.3 Å². The standard InChI is InChI=1S/C16H18FN3O4/c1-10(2)13(14(22)23)20-9-16(17,15(20)24)19-12(21)8-18-11-6-4-3-5-7-11/h3-7,18H,8-9H2,1-2H3,(H,19,21)(H,22,23). The Labute approximate surface area is 138 Å². The summed E-state index contributed by atoms with van der Waals surface area (Å²) in [5, 5.41) is 13.9. The van der Waals surface area contributed by atoms with Crippen LogP contribution in [0.2, 0.25) is 0 Å². The summed E-state index contributed by atoms with van der Waals surface area (Å²) in [5.74, 6) is -5.69. The molecule has 1 aromatic rings. The van der Waals surface area contributed by atoms with E-state index in [1.165, 1.54) is 13.8 Å². The Morgan fingerprint density at radius 1 is 1.29 bits per heavy atom. The largest absolute Gasteiger partial charge is 0.477 e. The third-order valence-electron chi connectivity index (χ3n) is 3.47. The first-order valence-corrected chi connectivity index (χ1v) is 7.26. The average molecular weight is 335 g/mol. The Hall–Kier alpha value is -2.90. The first kappa shape index (κ1) is 17.5. The maximum Gasteiger partial charge on any atom is 0.352 e. The summed E-state index contributed by atoms with van der Waals surface area (Å²) >= 11 is 0. The molecule has 1 aromatic carbocycles. The second-order valence-electron chi connectivity index (χ2n) is 5.61. The molecule has 0 saturated carbocycles. The van der Waals surface area contributed by atoms with Gasteiger partial charge in [-0.1, -0.05) is 18.2 Å². The van der Waals surface area contributed by atoms with E-state index in [2.05, 4.69) is 5.32 Å². The fraction of sp³-hybridized carbons (Fsp3) is 0.312. The number of hydrogen-bond donors (Lipinski definition) is 3. The third kappa shape index (κ3) is 3.53. The number of para-hydroxylation sites is 1. The molecule has 2 amide bonds. The molecule has 1 saturated heterocycles. The van der Waals surface area contributed by atoms with Crippen LogP contribution in [0.4, 0.5) is 10.1 Å². The molecule has 0 aromatic heterocycles. The zero-order valence-electron chi connectivity index (χ0n) is 13.3. The van der Waals surface area contributed by atoms with Gasteiger partial charge in [0.2, 0.25) is 5.91 Å². The number of likely N-dealkylation sites (tertiary alicyclic amines) is 1. The predicted octanol–water partition coefficient (Wildman–Crippen LogP) is 1.10. The number of carboxylic acids is 1. The average Bonchev–Trinajstić information content (AvgIpc) is 2.52. The first-order valence-electron chi connectivity index (χ1n) is 7.26. The third-order valence-corrected chi connectivity index (χ3v) is 3.47. The molecule has 0 radical (unpaired) electrons. The summed E-state index contributed by atoms with van der Waals surface area (Å²) in [5.41, 5.74) is 0.778. The van der Waals surface area contributed by atoms with Crippen molar-refractivity contribution in [3.63, 3.8) is 0 Å². The second kappa shape index (κ2) is 6.69. The molecule has 7 nitrogen and oxygen atoms in total. The van der Waals surface area contributed by atoms with Crippen LogP contribution in [-0.4, -0.2) is 46.7 Å². The Balaban J connectivity index is 1.94. The van der Waals surface area contributed by atoms with Crippen LogP contribution in [0.3, 0.4) is 0 Å². The van der Waals surface area contributed by atoms with Gasteiger partial charge in [-0.25, -0.2) is 9.18 Å². The van der Waals surface area contributed by atoms with Crippen LogP contribution in [0.1, 0.15) is 13.8 Å². The van der Waals surface area contributed by atoms with Crippen molar-refractivity contribution in [2.45, 2.75) is 19.6 Å². The molecule has 1 unspecified atom stereocenters. The van der Waals surface area contributed by atoms with Gasteiger partial charge in [0.15, 0.2) is 0 Å². The van der Waals surface area contributed by atoms with Crippen LogP contribution in [0, 0.1) is 0 Å². The predicted molar refractivity (Wildman–Crippen MR) is 84.6 cm³/mol. The van der Waals surface area contributed by atoms with Crippen LogP contribution in [-0.2, 0) is 14.4 Å². The lowest BCUT2D eigenvalue weighted by molar-refractivity contribution is -0.168. The molecular formula is C16H18FN3O4. The summed E-state index contributed by atoms with van der Waals surface area (Å²) in [7, 11) is 0. The fourth-order valence-electron chi connectivity index (χ4n) is 2.36. The van der Waals surface area contributed by atoms with Crippen molar-refractivity contribution in [3.05, 3.63) is 41.6 Å². The van der Waals surface area contributed by atoms with E-state index >= 15 is 0 Å². The van der Waals surface area contributed by atoms with Crippen molar-refractivity contribution in [1.29, 1.82) is 0 Å². The van der Waals surface area contributed by atoms with Crippen molar-refractivity contribution < 1.29 is 23.9 Å². The number of alkyl halides is 1. The molecule has 2 rings (SSSR count). The van der Waals surface area contributed by atoms with Crippen molar-refractivity contribution >= 4 is 23.5 Å². The highest BCUT2D eigenvalue weighted by atomic mass is 19.1. The maximum atomic E-state index is 14.4. The van der Waals surface area contributed by atoms with Crippen LogP contribution >= 0.6 is 0 Å². The number of hydrogen-bond acceptors (Lipinski definition) is 4. The molecule has 0 aliphatic carbocycles. The van der Waals surface area contributed by atoms with Crippen LogP contribution < -0.4 is 10.6 Å². The van der Waals surface area contributed by atoms with E-state index in [1.54, 1.807) is 24.3 Å². The molecule has 128 valence electrons. The van der Waals surface area contributed by atoms with E-state index < -0.39 is 30.1 Å². The number of halogens is 1. The first-order chi connectivity index (χ1) is 11.2. The van der Waals surface area contributed by atoms with Crippen LogP contribution in [0.15, 0.2) is 41.6 Å². The van der Waals surface area contributed by atoms with Crippen molar-refractivity contribution in [2.75, 3.05) is 18.4 Å². The minimum atomic E-state index is -2.58. The minimum Gasteiger partial charge on any atom is -0.477 e. The molecule has 1 aliphatic heterocycles. The Kier molecular flexibility index (Phi) is 4.87. The molecule has 1 fully saturated rings. The number of nitrogens with one attached hydrogen (secondary N) is 2. The number of rotatable bonds is 6. The smallest absolute Gasteiger partial charge is 0.352 e. The molecule has 0 bridgehead atoms. The summed E-state index contributed by atoms with van der Waals surface area (Å²) in [4.78, 5) is 35.7. The highest BCUT2D eigenvalue weighted by Crippen LogP contribution is 2.29. The van der Waals surface area contributed by atoms with Gasteiger partial charge >= 0.3 is 5.97 Å². The summed E-state index contributed by atoms with van der Waals surface area (Å²) in [6.07, 6.45) is 0. The highest BCUT2D eigenvalue weighted by molar-refractivity contribution is 6.02. The van der Waals surface area contributed by atoms with Gasteiger partial charge in [-0.15, -0.1) is 0 Å². The van der Waals surface area contributed by atoms with Gasteiger partial charge < -0.3 is 15.7 Å². The normalized spacial score (nSPS) is 19.3. The van der Waals surface area contributed by atoms with Crippen molar-refractivity contribution in [3.8, 4) is 0 Å². The Bertz CT molecular complexity index is 701. The van der Waals surface area contributed by atoms with Gasteiger partial charge in [-0.3, -0.25) is 14.5 Å². The number of carboxylic acid groups (broad SMARTS) is 1. The van der Waals surface area contributed by atoms with Crippen LogP contribution in [0.5, 0.6) is 0 Å². The van der Waals surface area contributed by atoms with Gasteiger partial charge in [-0.2, -0.15) is 0 Å². The SMILES string of the molecule is CC(C)=C(C(=O)O)N1CC(F)(NC(=O)CNc2ccccc2)C1=O. The Morgan fingerprint density at radius 3 is 2.42 bits per heavy atom. The van der Waals surface area contributed by atoms with E-state index in [-0.39, 0.29) is 12.2 Å². The zero-order chi connectivity index (χ0) is 17.9. The maximum absolute atomic E-state index is 14.4. The zero-order valence-corrected chi connectivity index (χ0v) is 13.3. The second-order valence-corrected chi connectivity index (χ2v) is 5.61. The quantitative estimate of drug-likeness (QED) is 0.411. The molecule has 0 spiro atoms. The van der Waals surface area contributed by atoms with Crippen molar-refractivity contribution in [1.82, 2.24) is 10.2 Å². The molecule has 24 heavy (non-hydrogen) atoms. The molecule has 1 aliphatic rings. The number of benzene rings is 1. The van der Waals surface area contributed by atoms with Crippen LogP contribution in [0.25, 0.3) is 0 Å². The number of amides is 2. The van der Waals surface area contributed by atoms with Gasteiger partial charge in [-0.05, 0) is 31.6 Å². The van der Waals surface area contributed by atoms with Gasteiger partial charge in [0.05, 0.1) is 13.1 Å². The highest BCUT2D eigenvalue weighted by Gasteiger charge is 2.56.